The largest absolute Gasteiger partial charge is 0.378 e. The summed E-state index contributed by atoms with van der Waals surface area (Å²) in [5, 5.41) is 0. The van der Waals surface area contributed by atoms with Gasteiger partial charge in [0, 0.05) is 30.8 Å². The summed E-state index contributed by atoms with van der Waals surface area (Å²) in [5.74, 6) is 0.488. The summed E-state index contributed by atoms with van der Waals surface area (Å²) in [6, 6.07) is 24.9. The Hall–Kier alpha value is -4.10. The van der Waals surface area contributed by atoms with E-state index in [2.05, 4.69) is 131 Å². The van der Waals surface area contributed by atoms with Crippen LogP contribution in [0, 0.1) is 5.92 Å². The van der Waals surface area contributed by atoms with Gasteiger partial charge in [0.1, 0.15) is 0 Å². The minimum atomic E-state index is -0.0846. The predicted octanol–water partition coefficient (Wildman–Crippen LogP) is 9.96. The van der Waals surface area contributed by atoms with E-state index in [4.69, 9.17) is 0 Å². The van der Waals surface area contributed by atoms with Crippen LogP contribution in [-0.4, -0.2) is 19.0 Å². The Labute approximate surface area is 248 Å². The molecule has 0 radical (unpaired) electrons. The summed E-state index contributed by atoms with van der Waals surface area (Å²) >= 11 is 0. The fraction of sp³-hybridized carbons (Fsp3) is 0.250. The van der Waals surface area contributed by atoms with Gasteiger partial charge < -0.3 is 4.90 Å². The zero-order valence-electron chi connectivity index (χ0n) is 25.6. The van der Waals surface area contributed by atoms with Gasteiger partial charge in [-0.25, -0.2) is 0 Å². The molecule has 0 bridgehead atoms. The molecule has 0 aliphatic heterocycles. The number of rotatable bonds is 11. The Morgan fingerprint density at radius 3 is 1.98 bits per heavy atom. The topological polar surface area (TPSA) is 3.24 Å². The normalized spacial score (nSPS) is 15.0. The average molecular weight is 540 g/mol. The standard InChI is InChI=1S/C40H45N/c1-10-34-18-12-32(26-38(34)28(3)4)24-30-14-20-36(21-15-30)40(6,7)37-22-16-31(17-23-37)25-33-13-19-35(11-2)39(27-33)29(5)41(8)9/h10-11,13-23,26-27,32H,1-3,5,12,24-25H2,4,6-9H3. The lowest BCUT2D eigenvalue weighted by Crippen LogP contribution is -2.19. The highest BCUT2D eigenvalue weighted by molar-refractivity contribution is 5.72. The van der Waals surface area contributed by atoms with Crippen molar-refractivity contribution in [1.29, 1.82) is 0 Å². The molecule has 41 heavy (non-hydrogen) atoms. The molecule has 1 aliphatic carbocycles. The van der Waals surface area contributed by atoms with Crippen molar-refractivity contribution in [3.05, 3.63) is 167 Å². The molecule has 1 unspecified atom stereocenters. The number of nitrogens with zero attached hydrogens (tertiary/aromatic N) is 1. The summed E-state index contributed by atoms with van der Waals surface area (Å²) in [5.41, 5.74) is 13.3. The van der Waals surface area contributed by atoms with Gasteiger partial charge in [0.15, 0.2) is 0 Å². The van der Waals surface area contributed by atoms with Crippen LogP contribution in [0.3, 0.4) is 0 Å². The maximum absolute atomic E-state index is 4.27. The second kappa shape index (κ2) is 12.6. The molecule has 0 N–H and O–H groups in total. The third-order valence-corrected chi connectivity index (χ3v) is 8.48. The number of hydrogen-bond acceptors (Lipinski definition) is 1. The van der Waals surface area contributed by atoms with Crippen molar-refractivity contribution < 1.29 is 0 Å². The monoisotopic (exact) mass is 539 g/mol. The van der Waals surface area contributed by atoms with Crippen LogP contribution in [0.25, 0.3) is 11.8 Å². The Morgan fingerprint density at radius 1 is 0.854 bits per heavy atom. The fourth-order valence-electron chi connectivity index (χ4n) is 5.70. The maximum atomic E-state index is 4.27. The van der Waals surface area contributed by atoms with Crippen molar-refractivity contribution >= 4 is 11.8 Å². The molecular weight excluding hydrogens is 494 g/mol. The molecule has 0 saturated carbocycles. The van der Waals surface area contributed by atoms with Crippen LogP contribution in [0.15, 0.2) is 128 Å². The van der Waals surface area contributed by atoms with E-state index >= 15 is 0 Å². The van der Waals surface area contributed by atoms with Crippen molar-refractivity contribution in [2.24, 2.45) is 5.92 Å². The molecule has 1 heteroatoms. The Morgan fingerprint density at radius 2 is 1.44 bits per heavy atom. The van der Waals surface area contributed by atoms with E-state index in [-0.39, 0.29) is 5.41 Å². The fourth-order valence-corrected chi connectivity index (χ4v) is 5.70. The van der Waals surface area contributed by atoms with Crippen molar-refractivity contribution in [2.45, 2.75) is 45.4 Å². The summed E-state index contributed by atoms with van der Waals surface area (Å²) < 4.78 is 0. The first-order valence-corrected chi connectivity index (χ1v) is 14.5. The van der Waals surface area contributed by atoms with Gasteiger partial charge in [0.05, 0.1) is 0 Å². The minimum absolute atomic E-state index is 0.0846. The first kappa shape index (κ1) is 29.9. The van der Waals surface area contributed by atoms with Crippen LogP contribution in [0.5, 0.6) is 0 Å². The second-order valence-electron chi connectivity index (χ2n) is 12.1. The van der Waals surface area contributed by atoms with Gasteiger partial charge >= 0.3 is 0 Å². The van der Waals surface area contributed by atoms with Gasteiger partial charge in [0.25, 0.3) is 0 Å². The smallest absolute Gasteiger partial charge is 0.0367 e. The molecule has 0 heterocycles. The van der Waals surface area contributed by atoms with E-state index in [0.29, 0.717) is 5.92 Å². The molecule has 1 nitrogen and oxygen atoms in total. The Bertz CT molecular complexity index is 1500. The molecule has 3 aromatic carbocycles. The second-order valence-corrected chi connectivity index (χ2v) is 12.1. The van der Waals surface area contributed by atoms with Crippen LogP contribution < -0.4 is 0 Å². The van der Waals surface area contributed by atoms with Gasteiger partial charge in [0.2, 0.25) is 0 Å². The van der Waals surface area contributed by atoms with Gasteiger partial charge in [-0.1, -0.05) is 131 Å². The number of benzene rings is 3. The third kappa shape index (κ3) is 6.80. The molecule has 3 aromatic rings. The van der Waals surface area contributed by atoms with E-state index < -0.39 is 0 Å². The van der Waals surface area contributed by atoms with E-state index in [9.17, 15) is 0 Å². The molecule has 1 atom stereocenters. The van der Waals surface area contributed by atoms with E-state index in [1.807, 2.05) is 26.2 Å². The van der Waals surface area contributed by atoms with Crippen LogP contribution in [0.2, 0.25) is 0 Å². The van der Waals surface area contributed by atoms with Crippen LogP contribution in [0.1, 0.15) is 66.1 Å². The maximum Gasteiger partial charge on any atom is 0.0367 e. The molecule has 0 spiro atoms. The van der Waals surface area contributed by atoms with Crippen molar-refractivity contribution in [1.82, 2.24) is 4.90 Å². The summed E-state index contributed by atoms with van der Waals surface area (Å²) in [4.78, 5) is 2.05. The molecular formula is C40H45N. The molecule has 0 aromatic heterocycles. The zero-order chi connectivity index (χ0) is 29.7. The van der Waals surface area contributed by atoms with Gasteiger partial charge in [-0.2, -0.15) is 0 Å². The average Bonchev–Trinajstić information content (AvgIpc) is 2.97. The van der Waals surface area contributed by atoms with Gasteiger partial charge in [-0.15, -0.1) is 0 Å². The first-order valence-electron chi connectivity index (χ1n) is 14.5. The number of hydrogen-bond donors (Lipinski definition) is 0. The lowest BCUT2D eigenvalue weighted by Gasteiger charge is -2.27. The van der Waals surface area contributed by atoms with Crippen molar-refractivity contribution in [3.63, 3.8) is 0 Å². The van der Waals surface area contributed by atoms with Gasteiger partial charge in [-0.05, 0) is 82.7 Å². The van der Waals surface area contributed by atoms with Gasteiger partial charge in [-0.3, -0.25) is 0 Å². The SMILES string of the molecule is C=CC1=CCC(Cc2ccc(C(C)(C)c3ccc(Cc4ccc(C=C)c(C(=C)N(C)C)c4)cc3)cc2)C=C1C(=C)C. The lowest BCUT2D eigenvalue weighted by molar-refractivity contribution is 0.593. The lowest BCUT2D eigenvalue weighted by atomic mass is 9.77. The Balaban J connectivity index is 1.46. The highest BCUT2D eigenvalue weighted by Gasteiger charge is 2.23. The highest BCUT2D eigenvalue weighted by Crippen LogP contribution is 2.34. The molecule has 0 saturated heterocycles. The van der Waals surface area contributed by atoms with E-state index in [0.717, 1.165) is 41.7 Å². The van der Waals surface area contributed by atoms with E-state index in [1.165, 1.54) is 39.0 Å². The van der Waals surface area contributed by atoms with Crippen LogP contribution in [-0.2, 0) is 18.3 Å². The zero-order valence-corrected chi connectivity index (χ0v) is 25.6. The minimum Gasteiger partial charge on any atom is -0.378 e. The van der Waals surface area contributed by atoms with Crippen LogP contribution >= 0.6 is 0 Å². The van der Waals surface area contributed by atoms with E-state index in [1.54, 1.807) is 0 Å². The van der Waals surface area contributed by atoms with Crippen molar-refractivity contribution in [2.75, 3.05) is 14.1 Å². The quantitative estimate of drug-likeness (QED) is 0.234. The summed E-state index contributed by atoms with van der Waals surface area (Å²) in [6.45, 7) is 23.1. The number of allylic oxidation sites excluding steroid dienone is 6. The Kier molecular flexibility index (Phi) is 9.18. The first-order chi connectivity index (χ1) is 19.5. The summed E-state index contributed by atoms with van der Waals surface area (Å²) in [6.07, 6.45) is 11.5. The molecule has 1 aliphatic rings. The molecule has 210 valence electrons. The van der Waals surface area contributed by atoms with Crippen molar-refractivity contribution in [3.8, 4) is 0 Å². The highest BCUT2D eigenvalue weighted by atomic mass is 15.1. The summed E-state index contributed by atoms with van der Waals surface area (Å²) in [7, 11) is 4.06. The molecule has 0 amide bonds. The molecule has 0 fully saturated rings. The third-order valence-electron chi connectivity index (χ3n) is 8.48. The predicted molar refractivity (Wildman–Crippen MR) is 180 cm³/mol. The van der Waals surface area contributed by atoms with Crippen LogP contribution in [0.4, 0.5) is 0 Å². The molecule has 4 rings (SSSR count).